The minimum Gasteiger partial charge on any atom is -0.493 e. The van der Waals surface area contributed by atoms with E-state index in [1.807, 2.05) is 0 Å². The molecule has 0 spiro atoms. The van der Waals surface area contributed by atoms with E-state index in [2.05, 4.69) is 10.5 Å². The predicted molar refractivity (Wildman–Crippen MR) is 94.3 cm³/mol. The summed E-state index contributed by atoms with van der Waals surface area (Å²) in [6, 6.07) is 8.70. The van der Waals surface area contributed by atoms with Gasteiger partial charge in [0.05, 0.1) is 32.5 Å². The molecule has 0 heterocycles. The van der Waals surface area contributed by atoms with Crippen LogP contribution in [0.5, 0.6) is 17.2 Å². The Kier molecular flexibility index (Phi) is 6.10. The molecule has 0 unspecified atom stereocenters. The third kappa shape index (κ3) is 4.07. The van der Waals surface area contributed by atoms with Gasteiger partial charge < -0.3 is 14.2 Å². The van der Waals surface area contributed by atoms with Crippen LogP contribution in [0.2, 0.25) is 0 Å². The maximum absolute atomic E-state index is 12.1. The highest BCUT2D eigenvalue weighted by Crippen LogP contribution is 2.38. The van der Waals surface area contributed by atoms with Crippen LogP contribution in [0.3, 0.4) is 0 Å². The molecule has 0 aromatic heterocycles. The summed E-state index contributed by atoms with van der Waals surface area (Å²) in [7, 11) is 4.45. The first kappa shape index (κ1) is 18.7. The summed E-state index contributed by atoms with van der Waals surface area (Å²) in [4.78, 5) is 22.3. The van der Waals surface area contributed by atoms with Crippen LogP contribution in [0.1, 0.15) is 15.9 Å². The molecule has 0 atom stereocenters. The SMILES string of the molecule is COc1ccc(/C=N/NC(=O)c2cccc([N+](=O)[O-])c2)c(OC)c1OC. The summed E-state index contributed by atoms with van der Waals surface area (Å²) in [5, 5.41) is 14.6. The summed E-state index contributed by atoms with van der Waals surface area (Å²) in [5.74, 6) is 0.690. The van der Waals surface area contributed by atoms with E-state index in [1.165, 1.54) is 51.8 Å². The minimum atomic E-state index is -0.579. The zero-order valence-electron chi connectivity index (χ0n) is 14.4. The zero-order valence-corrected chi connectivity index (χ0v) is 14.4. The lowest BCUT2D eigenvalue weighted by atomic mass is 10.2. The summed E-state index contributed by atoms with van der Waals surface area (Å²) < 4.78 is 15.8. The molecule has 136 valence electrons. The molecule has 26 heavy (non-hydrogen) atoms. The predicted octanol–water partition coefficient (Wildman–Crippen LogP) is 2.38. The van der Waals surface area contributed by atoms with Crippen molar-refractivity contribution in [2.45, 2.75) is 0 Å². The van der Waals surface area contributed by atoms with Crippen molar-refractivity contribution < 1.29 is 23.9 Å². The number of ether oxygens (including phenoxy) is 3. The van der Waals surface area contributed by atoms with Crippen LogP contribution in [0.25, 0.3) is 0 Å². The molecule has 1 amide bonds. The lowest BCUT2D eigenvalue weighted by molar-refractivity contribution is -0.384. The fraction of sp³-hybridized carbons (Fsp3) is 0.176. The highest BCUT2D eigenvalue weighted by Gasteiger charge is 2.15. The number of carbonyl (C=O) groups excluding carboxylic acids is 1. The average Bonchev–Trinajstić information content (AvgIpc) is 2.67. The van der Waals surface area contributed by atoms with Crippen molar-refractivity contribution in [3.8, 4) is 17.2 Å². The van der Waals surface area contributed by atoms with Gasteiger partial charge in [-0.05, 0) is 18.2 Å². The van der Waals surface area contributed by atoms with Crippen molar-refractivity contribution >= 4 is 17.8 Å². The van der Waals surface area contributed by atoms with Crippen molar-refractivity contribution in [3.05, 3.63) is 57.6 Å². The van der Waals surface area contributed by atoms with E-state index in [-0.39, 0.29) is 11.3 Å². The third-order valence-corrected chi connectivity index (χ3v) is 3.42. The second-order valence-corrected chi connectivity index (χ2v) is 4.93. The fourth-order valence-corrected chi connectivity index (χ4v) is 2.21. The van der Waals surface area contributed by atoms with Gasteiger partial charge in [0.25, 0.3) is 11.6 Å². The Morgan fingerprint density at radius 3 is 2.46 bits per heavy atom. The number of rotatable bonds is 7. The van der Waals surface area contributed by atoms with Gasteiger partial charge in [-0.15, -0.1) is 0 Å². The number of hydrogen-bond acceptors (Lipinski definition) is 7. The maximum Gasteiger partial charge on any atom is 0.271 e. The Morgan fingerprint density at radius 1 is 1.12 bits per heavy atom. The molecule has 0 bridgehead atoms. The first-order chi connectivity index (χ1) is 12.5. The number of non-ortho nitro benzene ring substituents is 1. The molecular weight excluding hydrogens is 342 g/mol. The molecular formula is C17H17N3O6. The van der Waals surface area contributed by atoms with Crippen molar-refractivity contribution in [3.63, 3.8) is 0 Å². The van der Waals surface area contributed by atoms with Gasteiger partial charge in [-0.1, -0.05) is 6.07 Å². The van der Waals surface area contributed by atoms with Gasteiger partial charge in [0, 0.05) is 23.3 Å². The lowest BCUT2D eigenvalue weighted by Gasteiger charge is -2.13. The maximum atomic E-state index is 12.1. The molecule has 9 nitrogen and oxygen atoms in total. The van der Waals surface area contributed by atoms with Gasteiger partial charge >= 0.3 is 0 Å². The molecule has 2 aromatic carbocycles. The molecule has 0 radical (unpaired) electrons. The Balaban J connectivity index is 2.19. The normalized spacial score (nSPS) is 10.4. The molecule has 0 fully saturated rings. The standard InChI is InChI=1S/C17H17N3O6/c1-24-14-8-7-12(15(25-2)16(14)26-3)10-18-19-17(21)11-5-4-6-13(9-11)20(22)23/h4-10H,1-3H3,(H,19,21)/b18-10+. The molecule has 0 aliphatic heterocycles. The van der Waals surface area contributed by atoms with Crippen LogP contribution < -0.4 is 19.6 Å². The van der Waals surface area contributed by atoms with Gasteiger partial charge in [0.1, 0.15) is 0 Å². The molecule has 2 rings (SSSR count). The summed E-state index contributed by atoms with van der Waals surface area (Å²) in [6.07, 6.45) is 1.37. The van der Waals surface area contributed by atoms with Gasteiger partial charge in [0.2, 0.25) is 5.75 Å². The van der Waals surface area contributed by atoms with Crippen LogP contribution in [0.4, 0.5) is 5.69 Å². The Morgan fingerprint density at radius 2 is 1.85 bits per heavy atom. The van der Waals surface area contributed by atoms with E-state index in [9.17, 15) is 14.9 Å². The number of nitrogens with zero attached hydrogens (tertiary/aromatic N) is 2. The zero-order chi connectivity index (χ0) is 19.1. The molecule has 9 heteroatoms. The Bertz CT molecular complexity index is 850. The first-order valence-corrected chi connectivity index (χ1v) is 7.38. The third-order valence-electron chi connectivity index (χ3n) is 3.42. The first-order valence-electron chi connectivity index (χ1n) is 7.38. The monoisotopic (exact) mass is 359 g/mol. The van der Waals surface area contributed by atoms with Crippen molar-refractivity contribution in [1.82, 2.24) is 5.43 Å². The van der Waals surface area contributed by atoms with Crippen LogP contribution in [-0.4, -0.2) is 38.4 Å². The summed E-state index contributed by atoms with van der Waals surface area (Å²) in [6.45, 7) is 0. The molecule has 1 N–H and O–H groups in total. The van der Waals surface area contributed by atoms with Crippen LogP contribution in [0, 0.1) is 10.1 Å². The van der Waals surface area contributed by atoms with Crippen LogP contribution in [-0.2, 0) is 0 Å². The Hall–Kier alpha value is -3.62. The fourth-order valence-electron chi connectivity index (χ4n) is 2.21. The van der Waals surface area contributed by atoms with Gasteiger partial charge in [-0.3, -0.25) is 14.9 Å². The van der Waals surface area contributed by atoms with E-state index in [4.69, 9.17) is 14.2 Å². The number of amides is 1. The van der Waals surface area contributed by atoms with Gasteiger partial charge in [-0.2, -0.15) is 5.10 Å². The molecule has 2 aromatic rings. The van der Waals surface area contributed by atoms with E-state index < -0.39 is 10.8 Å². The number of nitro benzene ring substituents is 1. The topological polar surface area (TPSA) is 112 Å². The van der Waals surface area contributed by atoms with E-state index >= 15 is 0 Å². The summed E-state index contributed by atoms with van der Waals surface area (Å²) >= 11 is 0. The number of methoxy groups -OCH3 is 3. The number of benzene rings is 2. The van der Waals surface area contributed by atoms with Crippen LogP contribution in [0.15, 0.2) is 41.5 Å². The van der Waals surface area contributed by atoms with E-state index in [0.29, 0.717) is 22.8 Å². The van der Waals surface area contributed by atoms with Gasteiger partial charge in [0.15, 0.2) is 11.5 Å². The second kappa shape index (κ2) is 8.47. The summed E-state index contributed by atoms with van der Waals surface area (Å²) in [5.41, 5.74) is 2.80. The average molecular weight is 359 g/mol. The minimum absolute atomic E-state index is 0.121. The number of hydrazone groups is 1. The van der Waals surface area contributed by atoms with E-state index in [0.717, 1.165) is 0 Å². The lowest BCUT2D eigenvalue weighted by Crippen LogP contribution is -2.17. The molecule has 0 saturated carbocycles. The van der Waals surface area contributed by atoms with Crippen molar-refractivity contribution in [2.75, 3.05) is 21.3 Å². The van der Waals surface area contributed by atoms with Crippen molar-refractivity contribution in [2.24, 2.45) is 5.10 Å². The second-order valence-electron chi connectivity index (χ2n) is 4.93. The highest BCUT2D eigenvalue weighted by molar-refractivity contribution is 5.95. The molecule has 0 aliphatic carbocycles. The number of carbonyl (C=O) groups is 1. The number of nitro groups is 1. The van der Waals surface area contributed by atoms with Crippen molar-refractivity contribution in [1.29, 1.82) is 0 Å². The number of nitrogens with one attached hydrogen (secondary N) is 1. The van der Waals surface area contributed by atoms with Crippen LogP contribution >= 0.6 is 0 Å². The van der Waals surface area contributed by atoms with Gasteiger partial charge in [-0.25, -0.2) is 5.43 Å². The smallest absolute Gasteiger partial charge is 0.271 e. The Labute approximate surface area is 149 Å². The largest absolute Gasteiger partial charge is 0.493 e. The molecule has 0 saturated heterocycles. The quantitative estimate of drug-likeness (QED) is 0.461. The number of hydrogen-bond donors (Lipinski definition) is 1. The highest BCUT2D eigenvalue weighted by atomic mass is 16.6. The van der Waals surface area contributed by atoms with E-state index in [1.54, 1.807) is 12.1 Å². The molecule has 0 aliphatic rings.